The summed E-state index contributed by atoms with van der Waals surface area (Å²) in [7, 11) is -2.21. The number of ether oxygens (including phenoxy) is 1. The van der Waals surface area contributed by atoms with Crippen LogP contribution in [0.25, 0.3) is 22.5 Å². The third-order valence-electron chi connectivity index (χ3n) is 9.45. The molecule has 2 N–H and O–H groups in total. The van der Waals surface area contributed by atoms with Crippen LogP contribution in [-0.4, -0.2) is 96.7 Å². The fraction of sp³-hybridized carbons (Fsp3) is 0.270. The minimum absolute atomic E-state index is 0.0213. The van der Waals surface area contributed by atoms with Crippen molar-refractivity contribution in [2.24, 2.45) is 0 Å². The fourth-order valence-corrected chi connectivity index (χ4v) is 8.07. The van der Waals surface area contributed by atoms with E-state index in [4.69, 9.17) is 4.74 Å². The van der Waals surface area contributed by atoms with E-state index in [0.717, 1.165) is 54.9 Å². The molecule has 5 aromatic rings. The minimum atomic E-state index is -3.56. The van der Waals surface area contributed by atoms with Crippen LogP contribution in [0.3, 0.4) is 0 Å². The van der Waals surface area contributed by atoms with Gasteiger partial charge in [-0.25, -0.2) is 32.0 Å². The number of aromatic nitrogens is 3. The third kappa shape index (κ3) is 7.54. The van der Waals surface area contributed by atoms with E-state index in [0.29, 0.717) is 17.2 Å². The van der Waals surface area contributed by atoms with E-state index < -0.39 is 53.0 Å². The zero-order valence-electron chi connectivity index (χ0n) is 29.1. The molecule has 1 aliphatic carbocycles. The zero-order valence-corrected chi connectivity index (χ0v) is 30.7. The molecule has 0 saturated carbocycles. The van der Waals surface area contributed by atoms with Crippen molar-refractivity contribution in [1.82, 2.24) is 24.2 Å². The van der Waals surface area contributed by atoms with Crippen molar-refractivity contribution in [3.8, 4) is 22.5 Å². The van der Waals surface area contributed by atoms with Gasteiger partial charge in [0, 0.05) is 37.3 Å². The molecule has 0 spiro atoms. The molecule has 3 aromatic heterocycles. The summed E-state index contributed by atoms with van der Waals surface area (Å²) in [5.41, 5.74) is 5.08. The summed E-state index contributed by atoms with van der Waals surface area (Å²) in [6, 6.07) is 20.7. The maximum Gasteiger partial charge on any atom is 0.409 e. The van der Waals surface area contributed by atoms with Gasteiger partial charge in [-0.05, 0) is 46.9 Å². The highest BCUT2D eigenvalue weighted by atomic mass is 32.2. The maximum absolute atomic E-state index is 15.7. The number of nitrogens with one attached hydrogen (secondary N) is 2. The Hall–Kier alpha value is -5.68. The monoisotopic (exact) mass is 775 g/mol. The first kappa shape index (κ1) is 36.7. The number of halogens is 2. The normalized spacial score (nSPS) is 16.3. The summed E-state index contributed by atoms with van der Waals surface area (Å²) in [4.78, 5) is 49.4. The Morgan fingerprint density at radius 2 is 1.69 bits per heavy atom. The van der Waals surface area contributed by atoms with Crippen molar-refractivity contribution in [3.63, 3.8) is 0 Å². The summed E-state index contributed by atoms with van der Waals surface area (Å²) in [5.74, 6) is -4.36. The van der Waals surface area contributed by atoms with E-state index in [9.17, 15) is 22.8 Å². The molecule has 54 heavy (non-hydrogen) atoms. The van der Waals surface area contributed by atoms with Gasteiger partial charge < -0.3 is 25.2 Å². The molecule has 0 bridgehead atoms. The average molecular weight is 776 g/mol. The van der Waals surface area contributed by atoms with Gasteiger partial charge in [0.15, 0.2) is 5.13 Å². The lowest BCUT2D eigenvalue weighted by Crippen LogP contribution is -2.59. The maximum atomic E-state index is 15.7. The van der Waals surface area contributed by atoms with Crippen LogP contribution < -0.4 is 15.5 Å². The lowest BCUT2D eigenvalue weighted by Gasteiger charge is -2.42. The second kappa shape index (κ2) is 14.6. The van der Waals surface area contributed by atoms with E-state index in [2.05, 4.69) is 20.6 Å². The highest BCUT2D eigenvalue weighted by Crippen LogP contribution is 2.44. The molecule has 1 fully saturated rings. The first-order valence-electron chi connectivity index (χ1n) is 16.9. The zero-order chi connectivity index (χ0) is 38.2. The standard InChI is InChI=1S/C37H35F2N7O6S2/c1-44(36(49)52-20-28-26-10-5-3-8-24(26)25-9-4-6-11-27(25)28)31-15-16-45(22-37(31,38)39)32-13-7-12-29(41-32)30-21-53-35(42-30)43-33(47)18-40-34(48)23-14-17-46(19-23)54(2,50)51/h3-14,17,19,21,28,31H,15-16,18,20,22H2,1-2H3,(H,40,48)(H,42,43,47)/t31-/m1/s1. The lowest BCUT2D eigenvalue weighted by atomic mass is 9.98. The van der Waals surface area contributed by atoms with E-state index in [1.165, 1.54) is 24.2 Å². The molecule has 13 nitrogen and oxygen atoms in total. The van der Waals surface area contributed by atoms with Crippen LogP contribution in [-0.2, 0) is 19.6 Å². The first-order chi connectivity index (χ1) is 25.8. The predicted molar refractivity (Wildman–Crippen MR) is 199 cm³/mol. The molecule has 0 radical (unpaired) electrons. The topological polar surface area (TPSA) is 156 Å². The summed E-state index contributed by atoms with van der Waals surface area (Å²) >= 11 is 1.11. The van der Waals surface area contributed by atoms with Gasteiger partial charge in [0.25, 0.3) is 11.8 Å². The summed E-state index contributed by atoms with van der Waals surface area (Å²) in [6.07, 6.45) is 2.54. The molecule has 0 unspecified atom stereocenters. The first-order valence-corrected chi connectivity index (χ1v) is 19.6. The van der Waals surface area contributed by atoms with E-state index in [1.54, 1.807) is 23.6 Å². The molecule has 3 amide bonds. The molecule has 2 aromatic carbocycles. The number of alkyl halides is 2. The summed E-state index contributed by atoms with van der Waals surface area (Å²) < 4.78 is 61.3. The number of rotatable bonds is 10. The Labute approximate surface area is 313 Å². The van der Waals surface area contributed by atoms with Gasteiger partial charge in [-0.3, -0.25) is 13.6 Å². The SMILES string of the molecule is CN(C(=O)OCC1c2ccccc2-c2ccccc21)[C@@H]1CCN(c2cccc(-c3csc(NC(=O)CNC(=O)c4ccn(S(C)(=O)=O)c4)n3)n2)CC1(F)F. The van der Waals surface area contributed by atoms with Crippen molar-refractivity contribution >= 4 is 50.2 Å². The smallest absolute Gasteiger partial charge is 0.409 e. The number of anilines is 2. The molecule has 1 aliphatic heterocycles. The van der Waals surface area contributed by atoms with Gasteiger partial charge in [0.2, 0.25) is 15.9 Å². The number of hydrogen-bond acceptors (Lipinski definition) is 10. The number of thiazole rings is 1. The van der Waals surface area contributed by atoms with Gasteiger partial charge in [0.05, 0.1) is 30.6 Å². The van der Waals surface area contributed by atoms with Crippen LogP contribution in [0, 0.1) is 0 Å². The van der Waals surface area contributed by atoms with Crippen LogP contribution in [0.4, 0.5) is 24.5 Å². The van der Waals surface area contributed by atoms with Gasteiger partial charge >= 0.3 is 6.09 Å². The molecule has 2 aliphatic rings. The van der Waals surface area contributed by atoms with Gasteiger partial charge in [-0.15, -0.1) is 11.3 Å². The summed E-state index contributed by atoms with van der Waals surface area (Å²) in [5, 5.41) is 6.89. The molecule has 280 valence electrons. The van der Waals surface area contributed by atoms with Crippen LogP contribution >= 0.6 is 11.3 Å². The van der Waals surface area contributed by atoms with Gasteiger partial charge in [-0.1, -0.05) is 54.6 Å². The number of hydrogen-bond donors (Lipinski definition) is 2. The Kier molecular flexibility index (Phi) is 9.93. The fourth-order valence-electron chi connectivity index (χ4n) is 6.76. The number of pyridine rings is 1. The molecule has 7 rings (SSSR count). The minimum Gasteiger partial charge on any atom is -0.448 e. The third-order valence-corrected chi connectivity index (χ3v) is 11.2. The highest BCUT2D eigenvalue weighted by molar-refractivity contribution is 7.89. The second-order valence-electron chi connectivity index (χ2n) is 13.0. The van der Waals surface area contributed by atoms with E-state index >= 15 is 8.78 Å². The van der Waals surface area contributed by atoms with Crippen molar-refractivity contribution < 1.29 is 36.3 Å². The Balaban J connectivity index is 0.932. The Morgan fingerprint density at radius 3 is 2.35 bits per heavy atom. The van der Waals surface area contributed by atoms with E-state index in [-0.39, 0.29) is 36.2 Å². The average Bonchev–Trinajstić information content (AvgIpc) is 3.91. The highest BCUT2D eigenvalue weighted by Gasteiger charge is 2.49. The molecular formula is C37H35F2N7O6S2. The summed E-state index contributed by atoms with van der Waals surface area (Å²) in [6.45, 7) is -0.827. The molecular weight excluding hydrogens is 741 g/mol. The Bertz CT molecular complexity index is 2300. The van der Waals surface area contributed by atoms with Gasteiger partial charge in [0.1, 0.15) is 24.2 Å². The number of carbonyl (C=O) groups excluding carboxylic acids is 3. The number of benzene rings is 2. The largest absolute Gasteiger partial charge is 0.448 e. The number of fused-ring (bicyclic) bond motifs is 3. The van der Waals surface area contributed by atoms with Crippen molar-refractivity contribution in [3.05, 3.63) is 107 Å². The predicted octanol–water partition coefficient (Wildman–Crippen LogP) is 5.28. The molecule has 4 heterocycles. The van der Waals surface area contributed by atoms with Gasteiger partial charge in [-0.2, -0.15) is 0 Å². The molecule has 1 saturated heterocycles. The van der Waals surface area contributed by atoms with Crippen LogP contribution in [0.15, 0.2) is 90.6 Å². The Morgan fingerprint density at radius 1 is 0.981 bits per heavy atom. The van der Waals surface area contributed by atoms with Crippen molar-refractivity contribution in [2.45, 2.75) is 24.3 Å². The van der Waals surface area contributed by atoms with E-state index in [1.807, 2.05) is 48.5 Å². The number of amides is 3. The van der Waals surface area contributed by atoms with Crippen molar-refractivity contribution in [2.75, 3.05) is 49.8 Å². The number of carbonyl (C=O) groups is 3. The number of nitrogens with zero attached hydrogens (tertiary/aromatic N) is 5. The van der Waals surface area contributed by atoms with Crippen molar-refractivity contribution in [1.29, 1.82) is 0 Å². The van der Waals surface area contributed by atoms with Crippen LogP contribution in [0.5, 0.6) is 0 Å². The second-order valence-corrected chi connectivity index (χ2v) is 15.8. The molecule has 1 atom stereocenters. The lowest BCUT2D eigenvalue weighted by molar-refractivity contribution is -0.115. The van der Waals surface area contributed by atoms with Crippen LogP contribution in [0.1, 0.15) is 33.8 Å². The molecule has 17 heteroatoms. The van der Waals surface area contributed by atoms with Crippen LogP contribution in [0.2, 0.25) is 0 Å². The number of piperidine rings is 1. The quantitative estimate of drug-likeness (QED) is 0.193.